The highest BCUT2D eigenvalue weighted by Gasteiger charge is 2.38. The van der Waals surface area contributed by atoms with Crippen molar-refractivity contribution in [2.75, 3.05) is 13.1 Å². The second-order valence-electron chi connectivity index (χ2n) is 6.55. The summed E-state index contributed by atoms with van der Waals surface area (Å²) in [6, 6.07) is 2.05. The van der Waals surface area contributed by atoms with Crippen molar-refractivity contribution in [2.45, 2.75) is 38.3 Å². The number of rotatable bonds is 1. The van der Waals surface area contributed by atoms with Gasteiger partial charge in [-0.3, -0.25) is 19.6 Å². The number of fused-ring (bicyclic) bond motifs is 3. The van der Waals surface area contributed by atoms with Crippen LogP contribution in [-0.4, -0.2) is 50.9 Å². The Bertz CT molecular complexity index is 928. The van der Waals surface area contributed by atoms with Crippen LogP contribution in [0.5, 0.6) is 0 Å². The minimum Gasteiger partial charge on any atom is -0.330 e. The van der Waals surface area contributed by atoms with Crippen LogP contribution in [-0.2, 0) is 0 Å². The van der Waals surface area contributed by atoms with Crippen molar-refractivity contribution in [3.63, 3.8) is 0 Å². The maximum absolute atomic E-state index is 13.0. The highest BCUT2D eigenvalue weighted by Crippen LogP contribution is 2.29. The molecule has 2 saturated heterocycles. The number of aromatic nitrogens is 3. The van der Waals surface area contributed by atoms with Crippen LogP contribution in [0.4, 0.5) is 0 Å². The molecule has 2 aromatic rings. The minimum atomic E-state index is -0.622. The van der Waals surface area contributed by atoms with Crippen molar-refractivity contribution in [1.82, 2.24) is 25.2 Å². The van der Waals surface area contributed by atoms with Gasteiger partial charge in [0.1, 0.15) is 11.3 Å². The average Bonchev–Trinajstić information content (AvgIpc) is 2.78. The fourth-order valence-corrected chi connectivity index (χ4v) is 3.91. The Labute approximate surface area is 161 Å². The van der Waals surface area contributed by atoms with Crippen LogP contribution in [0.15, 0.2) is 15.7 Å². The average molecular weight is 402 g/mol. The third-order valence-corrected chi connectivity index (χ3v) is 5.01. The molecule has 2 aliphatic heterocycles. The zero-order valence-corrected chi connectivity index (χ0v) is 15.8. The number of carbonyl (C=O) groups is 1. The predicted molar refractivity (Wildman–Crippen MR) is 103 cm³/mol. The molecule has 4 rings (SSSR count). The number of H-pyrrole nitrogens is 2. The molecule has 0 radical (unpaired) electrons. The summed E-state index contributed by atoms with van der Waals surface area (Å²) in [7, 11) is 0. The van der Waals surface area contributed by atoms with Crippen LogP contribution in [0.3, 0.4) is 0 Å². The second-order valence-corrected chi connectivity index (χ2v) is 6.55. The number of hydrogen-bond acceptors (Lipinski definition) is 5. The highest BCUT2D eigenvalue weighted by molar-refractivity contribution is 5.95. The number of pyridine rings is 1. The Kier molecular flexibility index (Phi) is 6.10. The fraction of sp³-hybridized carbons (Fsp3) is 0.500. The van der Waals surface area contributed by atoms with Gasteiger partial charge in [0.25, 0.3) is 11.5 Å². The third kappa shape index (κ3) is 3.36. The van der Waals surface area contributed by atoms with Crippen molar-refractivity contribution < 1.29 is 4.79 Å². The van der Waals surface area contributed by atoms with Gasteiger partial charge in [0.2, 0.25) is 0 Å². The van der Waals surface area contributed by atoms with Crippen LogP contribution in [0.25, 0.3) is 11.0 Å². The largest absolute Gasteiger partial charge is 0.330 e. The van der Waals surface area contributed by atoms with E-state index >= 15 is 0 Å². The van der Waals surface area contributed by atoms with Crippen LogP contribution in [0, 0.1) is 6.92 Å². The first-order valence-electron chi connectivity index (χ1n) is 8.22. The Balaban J connectivity index is 0.00000121. The van der Waals surface area contributed by atoms with Gasteiger partial charge in [-0.1, -0.05) is 0 Å². The Hall–Kier alpha value is -1.90. The van der Waals surface area contributed by atoms with Gasteiger partial charge >= 0.3 is 5.69 Å². The summed E-state index contributed by atoms with van der Waals surface area (Å²) < 4.78 is 0. The van der Waals surface area contributed by atoms with Gasteiger partial charge in [0.15, 0.2) is 0 Å². The van der Waals surface area contributed by atoms with E-state index < -0.39 is 11.2 Å². The summed E-state index contributed by atoms with van der Waals surface area (Å²) in [4.78, 5) is 47.4. The molecular formula is C16H21Cl2N5O3. The fourth-order valence-electron chi connectivity index (χ4n) is 3.91. The van der Waals surface area contributed by atoms with Gasteiger partial charge in [0, 0.05) is 18.6 Å². The summed E-state index contributed by atoms with van der Waals surface area (Å²) in [6.07, 6.45) is 2.94. The lowest BCUT2D eigenvalue weighted by atomic mass is 10.1. The summed E-state index contributed by atoms with van der Waals surface area (Å²) in [5.41, 5.74) is -0.0478. The molecule has 142 valence electrons. The normalized spacial score (nSPS) is 21.7. The maximum atomic E-state index is 13.0. The second kappa shape index (κ2) is 7.77. The number of aromatic amines is 2. The third-order valence-electron chi connectivity index (χ3n) is 5.01. The summed E-state index contributed by atoms with van der Waals surface area (Å²) >= 11 is 0. The Morgan fingerprint density at radius 3 is 2.65 bits per heavy atom. The van der Waals surface area contributed by atoms with E-state index in [9.17, 15) is 14.4 Å². The molecule has 0 saturated carbocycles. The van der Waals surface area contributed by atoms with Crippen LogP contribution >= 0.6 is 24.8 Å². The van der Waals surface area contributed by atoms with Crippen molar-refractivity contribution in [1.29, 1.82) is 0 Å². The Morgan fingerprint density at radius 2 is 1.88 bits per heavy atom. The highest BCUT2D eigenvalue weighted by atomic mass is 35.5. The molecule has 26 heavy (non-hydrogen) atoms. The van der Waals surface area contributed by atoms with Crippen LogP contribution in [0.2, 0.25) is 0 Å². The first kappa shape index (κ1) is 20.4. The van der Waals surface area contributed by atoms with E-state index in [1.54, 1.807) is 13.0 Å². The molecule has 0 aliphatic carbocycles. The number of hydrogen-bond donors (Lipinski definition) is 3. The number of amides is 1. The lowest BCUT2D eigenvalue weighted by Gasteiger charge is -2.27. The smallest absolute Gasteiger partial charge is 0.327 e. The zero-order chi connectivity index (χ0) is 16.8. The standard InChI is InChI=1S/C16H19N5O3.2ClH/c1-8-6-11(18-13-12(8)14(22)20-16(24)19-13)15(23)21-9-2-3-10(21)7-17-5-4-9;;/h6,9-10,17H,2-5,7H2,1H3,(H2,18,19,20,22,24);2*1H. The topological polar surface area (TPSA) is 111 Å². The molecular weight excluding hydrogens is 381 g/mol. The summed E-state index contributed by atoms with van der Waals surface area (Å²) in [6.45, 7) is 3.45. The molecule has 8 nitrogen and oxygen atoms in total. The molecule has 2 atom stereocenters. The van der Waals surface area contributed by atoms with Crippen LogP contribution in [0.1, 0.15) is 35.3 Å². The van der Waals surface area contributed by atoms with E-state index in [2.05, 4.69) is 20.3 Å². The predicted octanol–water partition coefficient (Wildman–Crippen LogP) is 0.730. The quantitative estimate of drug-likeness (QED) is 0.652. The van der Waals surface area contributed by atoms with Gasteiger partial charge < -0.3 is 10.2 Å². The molecule has 1 amide bonds. The van der Waals surface area contributed by atoms with E-state index in [-0.39, 0.29) is 54.1 Å². The molecule has 2 bridgehead atoms. The molecule has 4 heterocycles. The molecule has 0 aromatic carbocycles. The van der Waals surface area contributed by atoms with Crippen molar-refractivity contribution in [3.8, 4) is 0 Å². The monoisotopic (exact) mass is 401 g/mol. The number of carbonyl (C=O) groups excluding carboxylic acids is 1. The molecule has 2 fully saturated rings. The number of halogens is 2. The summed E-state index contributed by atoms with van der Waals surface area (Å²) in [5.74, 6) is -0.127. The first-order valence-corrected chi connectivity index (χ1v) is 8.22. The van der Waals surface area contributed by atoms with Gasteiger partial charge in [-0.15, -0.1) is 24.8 Å². The van der Waals surface area contributed by atoms with Crippen molar-refractivity contribution >= 4 is 41.8 Å². The maximum Gasteiger partial charge on any atom is 0.327 e. The summed E-state index contributed by atoms with van der Waals surface area (Å²) in [5, 5.41) is 3.68. The van der Waals surface area contributed by atoms with Gasteiger partial charge in [-0.05, 0) is 44.4 Å². The van der Waals surface area contributed by atoms with E-state index in [1.165, 1.54) is 0 Å². The molecule has 2 aromatic heterocycles. The van der Waals surface area contributed by atoms with Gasteiger partial charge in [0.05, 0.1) is 5.39 Å². The minimum absolute atomic E-state index is 0. The van der Waals surface area contributed by atoms with Crippen molar-refractivity contribution in [3.05, 3.63) is 38.2 Å². The molecule has 0 spiro atoms. The zero-order valence-electron chi connectivity index (χ0n) is 14.2. The molecule has 10 heteroatoms. The number of nitrogens with zero attached hydrogens (tertiary/aromatic N) is 2. The van der Waals surface area contributed by atoms with E-state index in [4.69, 9.17) is 0 Å². The molecule has 3 N–H and O–H groups in total. The van der Waals surface area contributed by atoms with E-state index in [1.807, 2.05) is 4.90 Å². The van der Waals surface area contributed by atoms with Crippen molar-refractivity contribution in [2.24, 2.45) is 0 Å². The molecule has 2 unspecified atom stereocenters. The van der Waals surface area contributed by atoms with Crippen LogP contribution < -0.4 is 16.6 Å². The molecule has 2 aliphatic rings. The first-order chi connectivity index (χ1) is 11.5. The van der Waals surface area contributed by atoms with Gasteiger partial charge in [-0.25, -0.2) is 9.78 Å². The Morgan fingerprint density at radius 1 is 1.15 bits per heavy atom. The number of aryl methyl sites for hydroxylation is 1. The lowest BCUT2D eigenvalue weighted by Crippen LogP contribution is -2.43. The number of nitrogens with one attached hydrogen (secondary N) is 3. The van der Waals surface area contributed by atoms with E-state index in [0.717, 1.165) is 32.4 Å². The van der Waals surface area contributed by atoms with E-state index in [0.29, 0.717) is 10.9 Å². The lowest BCUT2D eigenvalue weighted by molar-refractivity contribution is 0.0674. The SMILES string of the molecule is Cc1cc(C(=O)N2C3CCNCC2CC3)nc2[nH]c(=O)[nH]c(=O)c12.Cl.Cl. The van der Waals surface area contributed by atoms with Gasteiger partial charge in [-0.2, -0.15) is 0 Å².